The Balaban J connectivity index is 1.64. The molecule has 2 aliphatic rings. The molecule has 1 saturated heterocycles. The molecule has 4 heteroatoms. The van der Waals surface area contributed by atoms with Crippen molar-refractivity contribution >= 4 is 11.3 Å². The lowest BCUT2D eigenvalue weighted by Gasteiger charge is -2.21. The lowest BCUT2D eigenvalue weighted by Crippen LogP contribution is -2.23. The summed E-state index contributed by atoms with van der Waals surface area (Å²) in [5.41, 5.74) is 1.49. The zero-order valence-corrected chi connectivity index (χ0v) is 12.7. The molecule has 3 heterocycles. The van der Waals surface area contributed by atoms with Crippen molar-refractivity contribution in [2.45, 2.75) is 50.7 Å². The van der Waals surface area contributed by atoms with Crippen LogP contribution in [-0.2, 0) is 4.74 Å². The molecule has 0 radical (unpaired) electrons. The molecule has 2 aromatic rings. The lowest BCUT2D eigenvalue weighted by atomic mass is 9.96. The van der Waals surface area contributed by atoms with Crippen LogP contribution >= 0.6 is 11.3 Å². The van der Waals surface area contributed by atoms with Gasteiger partial charge in [0.05, 0.1) is 23.1 Å². The van der Waals surface area contributed by atoms with Gasteiger partial charge in [-0.3, -0.25) is 0 Å². The van der Waals surface area contributed by atoms with Crippen LogP contribution in [-0.4, -0.2) is 21.8 Å². The summed E-state index contributed by atoms with van der Waals surface area (Å²) in [4.78, 5) is 5.89. The molecule has 0 amide bonds. The topological polar surface area (TPSA) is 27.1 Å². The van der Waals surface area contributed by atoms with Crippen molar-refractivity contribution in [2.75, 3.05) is 6.61 Å². The third-order valence-corrected chi connectivity index (χ3v) is 5.84. The average Bonchev–Trinajstić information content (AvgIpc) is 3.19. The van der Waals surface area contributed by atoms with Crippen molar-refractivity contribution in [3.63, 3.8) is 0 Å². The first-order valence-corrected chi connectivity index (χ1v) is 8.37. The Morgan fingerprint density at radius 3 is 3.00 bits per heavy atom. The van der Waals surface area contributed by atoms with Gasteiger partial charge < -0.3 is 9.30 Å². The van der Waals surface area contributed by atoms with E-state index in [2.05, 4.69) is 34.1 Å². The summed E-state index contributed by atoms with van der Waals surface area (Å²) < 4.78 is 8.53. The Hall–Kier alpha value is -1.13. The zero-order chi connectivity index (χ0) is 13.6. The van der Waals surface area contributed by atoms with Crippen molar-refractivity contribution in [2.24, 2.45) is 0 Å². The minimum Gasteiger partial charge on any atom is -0.373 e. The fourth-order valence-electron chi connectivity index (χ4n) is 3.75. The van der Waals surface area contributed by atoms with Crippen molar-refractivity contribution in [1.29, 1.82) is 0 Å². The van der Waals surface area contributed by atoms with Crippen LogP contribution in [0.3, 0.4) is 0 Å². The van der Waals surface area contributed by atoms with Crippen LogP contribution in [0.5, 0.6) is 0 Å². The second-order valence-electron chi connectivity index (χ2n) is 6.15. The quantitative estimate of drug-likeness (QED) is 0.828. The van der Waals surface area contributed by atoms with Gasteiger partial charge in [0.15, 0.2) is 5.82 Å². The molecule has 2 aromatic heterocycles. The molecular weight excluding hydrogens is 268 g/mol. The van der Waals surface area contributed by atoms with E-state index in [9.17, 15) is 0 Å². The molecule has 4 rings (SSSR count). The summed E-state index contributed by atoms with van der Waals surface area (Å²) in [5.74, 6) is 1.11. The average molecular weight is 288 g/mol. The number of thiophene rings is 1. The van der Waals surface area contributed by atoms with Gasteiger partial charge in [0, 0.05) is 12.4 Å². The van der Waals surface area contributed by atoms with E-state index in [0.29, 0.717) is 6.04 Å². The molecular formula is C16H20N2OS. The zero-order valence-electron chi connectivity index (χ0n) is 11.8. The molecule has 20 heavy (non-hydrogen) atoms. The van der Waals surface area contributed by atoms with E-state index in [4.69, 9.17) is 4.74 Å². The number of rotatable bonds is 2. The van der Waals surface area contributed by atoms with Gasteiger partial charge in [0.1, 0.15) is 0 Å². The highest BCUT2D eigenvalue weighted by Crippen LogP contribution is 2.45. The summed E-state index contributed by atoms with van der Waals surface area (Å²) in [6, 6.07) is 2.62. The van der Waals surface area contributed by atoms with Gasteiger partial charge in [0.25, 0.3) is 0 Å². The van der Waals surface area contributed by atoms with Crippen molar-refractivity contribution in [3.8, 4) is 10.7 Å². The third kappa shape index (κ3) is 1.93. The maximum atomic E-state index is 6.20. The highest BCUT2D eigenvalue weighted by molar-refractivity contribution is 7.13. The fraction of sp³-hybridized carbons (Fsp3) is 0.562. The minimum absolute atomic E-state index is 0.177. The molecule has 0 aromatic carbocycles. The summed E-state index contributed by atoms with van der Waals surface area (Å²) in [7, 11) is 0. The van der Waals surface area contributed by atoms with Gasteiger partial charge in [-0.15, -0.1) is 11.3 Å². The van der Waals surface area contributed by atoms with E-state index < -0.39 is 0 Å². The number of nitrogens with zero attached hydrogens (tertiary/aromatic N) is 2. The van der Waals surface area contributed by atoms with Gasteiger partial charge in [-0.1, -0.05) is 12.8 Å². The number of hydrogen-bond acceptors (Lipinski definition) is 3. The summed E-state index contributed by atoms with van der Waals surface area (Å²) in [5, 5.41) is 2.15. The first kappa shape index (κ1) is 12.6. The number of ether oxygens (including phenoxy) is 1. The predicted octanol–water partition coefficient (Wildman–Crippen LogP) is 4.19. The van der Waals surface area contributed by atoms with Crippen LogP contribution in [0.25, 0.3) is 10.7 Å². The van der Waals surface area contributed by atoms with Crippen LogP contribution in [0.1, 0.15) is 43.7 Å². The van der Waals surface area contributed by atoms with Gasteiger partial charge >= 0.3 is 0 Å². The number of hydrogen-bond donors (Lipinski definition) is 0. The van der Waals surface area contributed by atoms with E-state index in [1.54, 1.807) is 11.3 Å². The largest absolute Gasteiger partial charge is 0.373 e. The second-order valence-corrected chi connectivity index (χ2v) is 7.07. The maximum absolute atomic E-state index is 6.20. The first-order chi connectivity index (χ1) is 9.77. The summed E-state index contributed by atoms with van der Waals surface area (Å²) >= 11 is 1.78. The summed E-state index contributed by atoms with van der Waals surface area (Å²) in [6.07, 6.45) is 10.3. The molecule has 0 bridgehead atoms. The highest BCUT2D eigenvalue weighted by atomic mass is 32.1. The van der Waals surface area contributed by atoms with Crippen LogP contribution in [0, 0.1) is 6.92 Å². The molecule has 1 unspecified atom stereocenters. The first-order valence-electron chi connectivity index (χ1n) is 7.49. The molecule has 3 nitrogen and oxygen atoms in total. The fourth-order valence-corrected chi connectivity index (χ4v) is 4.68. The standard InChI is InChI=1S/C16H20N2OS/c1-12-4-9-20-14(12)15-17-7-8-18(15)13-10-16(19-11-13)5-2-3-6-16/h4,7-9,13H,2-3,5-6,10-11H2,1H3. The van der Waals surface area contributed by atoms with Crippen LogP contribution in [0.2, 0.25) is 0 Å². The van der Waals surface area contributed by atoms with Gasteiger partial charge in [-0.2, -0.15) is 0 Å². The monoisotopic (exact) mass is 288 g/mol. The van der Waals surface area contributed by atoms with Gasteiger partial charge in [-0.05, 0) is 43.2 Å². The smallest absolute Gasteiger partial charge is 0.150 e. The Morgan fingerprint density at radius 1 is 1.40 bits per heavy atom. The van der Waals surface area contributed by atoms with Crippen LogP contribution in [0.4, 0.5) is 0 Å². The van der Waals surface area contributed by atoms with E-state index in [1.165, 1.54) is 36.1 Å². The normalized spacial score (nSPS) is 24.8. The van der Waals surface area contributed by atoms with Crippen molar-refractivity contribution < 1.29 is 4.74 Å². The molecule has 1 atom stereocenters. The Morgan fingerprint density at radius 2 is 2.25 bits per heavy atom. The molecule has 0 N–H and O–H groups in total. The lowest BCUT2D eigenvalue weighted by molar-refractivity contribution is 0.00960. The van der Waals surface area contributed by atoms with E-state index in [1.807, 2.05) is 6.20 Å². The second kappa shape index (κ2) is 4.71. The van der Waals surface area contributed by atoms with Crippen molar-refractivity contribution in [1.82, 2.24) is 9.55 Å². The van der Waals surface area contributed by atoms with E-state index >= 15 is 0 Å². The Bertz CT molecular complexity index is 610. The van der Waals surface area contributed by atoms with Gasteiger partial charge in [0.2, 0.25) is 0 Å². The maximum Gasteiger partial charge on any atom is 0.150 e. The predicted molar refractivity (Wildman–Crippen MR) is 81.1 cm³/mol. The van der Waals surface area contributed by atoms with E-state index in [-0.39, 0.29) is 5.60 Å². The van der Waals surface area contributed by atoms with E-state index in [0.717, 1.165) is 18.9 Å². The molecule has 1 saturated carbocycles. The number of aromatic nitrogens is 2. The van der Waals surface area contributed by atoms with Crippen molar-refractivity contribution in [3.05, 3.63) is 29.4 Å². The Labute approximate surface area is 123 Å². The third-order valence-electron chi connectivity index (χ3n) is 4.83. The minimum atomic E-state index is 0.177. The molecule has 1 spiro atoms. The van der Waals surface area contributed by atoms with Crippen LogP contribution in [0.15, 0.2) is 23.8 Å². The highest BCUT2D eigenvalue weighted by Gasteiger charge is 2.43. The molecule has 106 valence electrons. The van der Waals surface area contributed by atoms with Gasteiger partial charge in [-0.25, -0.2) is 4.98 Å². The molecule has 1 aliphatic carbocycles. The summed E-state index contributed by atoms with van der Waals surface area (Å²) in [6.45, 7) is 3.00. The molecule has 1 aliphatic heterocycles. The molecule has 2 fully saturated rings. The number of imidazole rings is 1. The number of aryl methyl sites for hydroxylation is 1. The van der Waals surface area contributed by atoms with Crippen LogP contribution < -0.4 is 0 Å². The Kier molecular flexibility index (Phi) is 2.97. The SMILES string of the molecule is Cc1ccsc1-c1nccn1C1COC2(CCCC2)C1.